The Morgan fingerprint density at radius 3 is 2.44 bits per heavy atom. The SMILES string of the molecule is CC1CCCC(C)N1C(=O)CSC[C@H](N)C(=O)O. The van der Waals surface area contributed by atoms with Crippen LogP contribution in [0.1, 0.15) is 33.1 Å². The zero-order chi connectivity index (χ0) is 13.7. The van der Waals surface area contributed by atoms with Crippen LogP contribution >= 0.6 is 11.8 Å². The Balaban J connectivity index is 2.37. The van der Waals surface area contributed by atoms with Crippen LogP contribution in [0.3, 0.4) is 0 Å². The molecule has 0 aromatic heterocycles. The Morgan fingerprint density at radius 2 is 1.94 bits per heavy atom. The van der Waals surface area contributed by atoms with Crippen molar-refractivity contribution < 1.29 is 14.7 Å². The molecule has 0 radical (unpaired) electrons. The van der Waals surface area contributed by atoms with Crippen LogP contribution in [0.4, 0.5) is 0 Å². The molecule has 5 nitrogen and oxygen atoms in total. The molecule has 18 heavy (non-hydrogen) atoms. The number of nitrogens with zero attached hydrogens (tertiary/aromatic N) is 1. The minimum atomic E-state index is -1.02. The number of thioether (sulfide) groups is 1. The molecule has 1 fully saturated rings. The standard InChI is InChI=1S/C12H22N2O3S/c1-8-4-3-5-9(2)14(8)11(15)7-18-6-10(13)12(16)17/h8-10H,3-7,13H2,1-2H3,(H,16,17)/t8?,9?,10-/m0/s1. The lowest BCUT2D eigenvalue weighted by Gasteiger charge is -2.39. The van der Waals surface area contributed by atoms with Crippen molar-refractivity contribution in [2.75, 3.05) is 11.5 Å². The first-order chi connectivity index (χ1) is 8.43. The van der Waals surface area contributed by atoms with Gasteiger partial charge in [0.05, 0.1) is 5.75 Å². The van der Waals surface area contributed by atoms with Crippen molar-refractivity contribution in [3.63, 3.8) is 0 Å². The monoisotopic (exact) mass is 274 g/mol. The van der Waals surface area contributed by atoms with Gasteiger partial charge in [-0.25, -0.2) is 0 Å². The number of carboxylic acid groups (broad SMARTS) is 1. The van der Waals surface area contributed by atoms with Gasteiger partial charge in [0.2, 0.25) is 5.91 Å². The van der Waals surface area contributed by atoms with Crippen molar-refractivity contribution in [2.24, 2.45) is 5.73 Å². The molecule has 0 aromatic rings. The molecular weight excluding hydrogens is 252 g/mol. The molecular formula is C12H22N2O3S. The number of piperidine rings is 1. The molecule has 0 saturated carbocycles. The molecule has 1 aliphatic rings. The zero-order valence-electron chi connectivity index (χ0n) is 11.0. The van der Waals surface area contributed by atoms with Gasteiger partial charge in [0, 0.05) is 17.8 Å². The summed E-state index contributed by atoms with van der Waals surface area (Å²) in [6.45, 7) is 4.14. The number of aliphatic carboxylic acids is 1. The van der Waals surface area contributed by atoms with Crippen LogP contribution in [0.5, 0.6) is 0 Å². The first-order valence-electron chi connectivity index (χ1n) is 6.30. The lowest BCUT2D eigenvalue weighted by molar-refractivity contribution is -0.138. The molecule has 0 aromatic carbocycles. The second-order valence-corrected chi connectivity index (χ2v) is 5.92. The van der Waals surface area contributed by atoms with Gasteiger partial charge in [0.25, 0.3) is 0 Å². The fraction of sp³-hybridized carbons (Fsp3) is 0.833. The Morgan fingerprint density at radius 1 is 1.39 bits per heavy atom. The number of rotatable bonds is 5. The average molecular weight is 274 g/mol. The highest BCUT2D eigenvalue weighted by molar-refractivity contribution is 8.00. The summed E-state index contributed by atoms with van der Waals surface area (Å²) in [6, 6.07) is -0.316. The third-order valence-corrected chi connectivity index (χ3v) is 4.37. The lowest BCUT2D eigenvalue weighted by atomic mass is 9.98. The number of likely N-dealkylation sites (tertiary alicyclic amines) is 1. The second kappa shape index (κ2) is 6.99. The average Bonchev–Trinajstić information content (AvgIpc) is 2.28. The minimum Gasteiger partial charge on any atom is -0.480 e. The van der Waals surface area contributed by atoms with Gasteiger partial charge in [-0.2, -0.15) is 0 Å². The van der Waals surface area contributed by atoms with Gasteiger partial charge < -0.3 is 15.7 Å². The molecule has 0 bridgehead atoms. The zero-order valence-corrected chi connectivity index (χ0v) is 11.8. The van der Waals surface area contributed by atoms with E-state index >= 15 is 0 Å². The quantitative estimate of drug-likeness (QED) is 0.779. The highest BCUT2D eigenvalue weighted by atomic mass is 32.2. The maximum absolute atomic E-state index is 12.1. The number of carboxylic acids is 1. The third kappa shape index (κ3) is 4.17. The summed E-state index contributed by atoms with van der Waals surface area (Å²) in [5.41, 5.74) is 5.39. The van der Waals surface area contributed by atoms with Gasteiger partial charge in [-0.3, -0.25) is 9.59 Å². The molecule has 1 amide bonds. The normalized spacial score (nSPS) is 25.8. The summed E-state index contributed by atoms with van der Waals surface area (Å²) < 4.78 is 0. The number of amides is 1. The molecule has 2 unspecified atom stereocenters. The Hall–Kier alpha value is -0.750. The van der Waals surface area contributed by atoms with Gasteiger partial charge >= 0.3 is 5.97 Å². The first kappa shape index (κ1) is 15.3. The first-order valence-corrected chi connectivity index (χ1v) is 7.46. The van der Waals surface area contributed by atoms with Crippen LogP contribution in [0, 0.1) is 0 Å². The van der Waals surface area contributed by atoms with E-state index in [4.69, 9.17) is 10.8 Å². The van der Waals surface area contributed by atoms with Crippen LogP contribution in [0.2, 0.25) is 0 Å². The summed E-state index contributed by atoms with van der Waals surface area (Å²) in [5.74, 6) is -0.334. The van der Waals surface area contributed by atoms with Gasteiger partial charge in [-0.05, 0) is 33.1 Å². The molecule has 0 spiro atoms. The summed E-state index contributed by atoms with van der Waals surface area (Å²) in [4.78, 5) is 24.6. The number of carbonyl (C=O) groups is 2. The van der Waals surface area contributed by atoms with Crippen molar-refractivity contribution in [3.05, 3.63) is 0 Å². The van der Waals surface area contributed by atoms with Gasteiger partial charge in [-0.15, -0.1) is 11.8 Å². The Kier molecular flexibility index (Phi) is 5.95. The molecule has 3 atom stereocenters. The summed E-state index contributed by atoms with van der Waals surface area (Å²) in [5, 5.41) is 8.65. The van der Waals surface area contributed by atoms with Crippen LogP contribution in [-0.4, -0.2) is 51.5 Å². The summed E-state index contributed by atoms with van der Waals surface area (Å²) in [6.07, 6.45) is 3.27. The van der Waals surface area contributed by atoms with E-state index < -0.39 is 12.0 Å². The summed E-state index contributed by atoms with van der Waals surface area (Å²) in [7, 11) is 0. The fourth-order valence-corrected chi connectivity index (χ4v) is 3.17. The topological polar surface area (TPSA) is 83.6 Å². The molecule has 104 valence electrons. The highest BCUT2D eigenvalue weighted by Crippen LogP contribution is 2.23. The van der Waals surface area contributed by atoms with E-state index in [-0.39, 0.29) is 23.7 Å². The van der Waals surface area contributed by atoms with Gasteiger partial charge in [0.15, 0.2) is 0 Å². The van der Waals surface area contributed by atoms with Crippen LogP contribution < -0.4 is 5.73 Å². The number of carbonyl (C=O) groups excluding carboxylic acids is 1. The second-order valence-electron chi connectivity index (χ2n) is 4.89. The Bertz CT molecular complexity index is 302. The van der Waals surface area contributed by atoms with E-state index in [1.165, 1.54) is 18.2 Å². The molecule has 6 heteroatoms. The van der Waals surface area contributed by atoms with Crippen LogP contribution in [-0.2, 0) is 9.59 Å². The molecule has 1 heterocycles. The third-order valence-electron chi connectivity index (χ3n) is 3.32. The number of nitrogens with two attached hydrogens (primary N) is 1. The van der Waals surface area contributed by atoms with Crippen LogP contribution in [0.15, 0.2) is 0 Å². The van der Waals surface area contributed by atoms with Crippen molar-refractivity contribution in [1.82, 2.24) is 4.90 Å². The van der Waals surface area contributed by atoms with Gasteiger partial charge in [-0.1, -0.05) is 0 Å². The highest BCUT2D eigenvalue weighted by Gasteiger charge is 2.28. The predicted octanol–water partition coefficient (Wildman–Crippen LogP) is 0.921. The fourth-order valence-electron chi connectivity index (χ4n) is 2.33. The van der Waals surface area contributed by atoms with E-state index in [2.05, 4.69) is 13.8 Å². The van der Waals surface area contributed by atoms with E-state index in [1.54, 1.807) is 0 Å². The largest absolute Gasteiger partial charge is 0.480 e. The summed E-state index contributed by atoms with van der Waals surface area (Å²) >= 11 is 1.30. The van der Waals surface area contributed by atoms with Gasteiger partial charge in [0.1, 0.15) is 6.04 Å². The Labute approximate surface area is 112 Å². The lowest BCUT2D eigenvalue weighted by Crippen LogP contribution is -2.48. The molecule has 3 N–H and O–H groups in total. The maximum atomic E-state index is 12.1. The smallest absolute Gasteiger partial charge is 0.321 e. The predicted molar refractivity (Wildman–Crippen MR) is 72.6 cm³/mol. The van der Waals surface area contributed by atoms with E-state index in [9.17, 15) is 9.59 Å². The number of hydrogen-bond acceptors (Lipinski definition) is 4. The number of hydrogen-bond donors (Lipinski definition) is 2. The molecule has 0 aliphatic carbocycles. The van der Waals surface area contributed by atoms with Crippen molar-refractivity contribution in [2.45, 2.75) is 51.2 Å². The maximum Gasteiger partial charge on any atom is 0.321 e. The molecule has 1 rings (SSSR count). The van der Waals surface area contributed by atoms with Crippen molar-refractivity contribution in [1.29, 1.82) is 0 Å². The molecule has 1 saturated heterocycles. The van der Waals surface area contributed by atoms with Crippen molar-refractivity contribution in [3.8, 4) is 0 Å². The van der Waals surface area contributed by atoms with Crippen molar-refractivity contribution >= 4 is 23.6 Å². The van der Waals surface area contributed by atoms with E-state index in [1.807, 2.05) is 4.90 Å². The molecule has 1 aliphatic heterocycles. The van der Waals surface area contributed by atoms with E-state index in [0.29, 0.717) is 5.75 Å². The minimum absolute atomic E-state index is 0.0947. The van der Waals surface area contributed by atoms with E-state index in [0.717, 1.165) is 12.8 Å². The van der Waals surface area contributed by atoms with Crippen LogP contribution in [0.25, 0.3) is 0 Å².